The van der Waals surface area contributed by atoms with Crippen molar-refractivity contribution < 1.29 is 0 Å². The van der Waals surface area contributed by atoms with E-state index in [1.165, 1.54) is 5.56 Å². The number of aryl methyl sites for hydroxylation is 1. The molecule has 0 bridgehead atoms. The fourth-order valence-electron chi connectivity index (χ4n) is 1.74. The second-order valence-corrected chi connectivity index (χ2v) is 5.34. The Kier molecular flexibility index (Phi) is 5.22. The molecule has 0 atom stereocenters. The molecule has 0 radical (unpaired) electrons. The van der Waals surface area contributed by atoms with Crippen molar-refractivity contribution in [2.24, 2.45) is 11.7 Å². The van der Waals surface area contributed by atoms with E-state index in [2.05, 4.69) is 52.7 Å². The third-order valence-electron chi connectivity index (χ3n) is 2.30. The summed E-state index contributed by atoms with van der Waals surface area (Å²) in [7, 11) is 0. The number of hydrogen-bond donors (Lipinski definition) is 1. The van der Waals surface area contributed by atoms with Gasteiger partial charge >= 0.3 is 0 Å². The van der Waals surface area contributed by atoms with E-state index in [-0.39, 0.29) is 0 Å². The van der Waals surface area contributed by atoms with Gasteiger partial charge in [0, 0.05) is 30.3 Å². The lowest BCUT2D eigenvalue weighted by Crippen LogP contribution is -2.33. The Morgan fingerprint density at radius 2 is 2.19 bits per heavy atom. The highest BCUT2D eigenvalue weighted by Gasteiger charge is 2.11. The molecule has 0 saturated heterocycles. The van der Waals surface area contributed by atoms with Gasteiger partial charge < -0.3 is 10.6 Å². The Bertz CT molecular complexity index is 339. The molecule has 0 aliphatic carbocycles. The van der Waals surface area contributed by atoms with E-state index in [9.17, 15) is 0 Å². The molecule has 1 heterocycles. The van der Waals surface area contributed by atoms with Crippen LogP contribution in [0.15, 0.2) is 16.7 Å². The van der Waals surface area contributed by atoms with Gasteiger partial charge in [-0.25, -0.2) is 4.98 Å². The zero-order valence-electron chi connectivity index (χ0n) is 10.2. The molecule has 1 aromatic rings. The fourth-order valence-corrected chi connectivity index (χ4v) is 2.19. The smallest absolute Gasteiger partial charge is 0.131 e. The topological polar surface area (TPSA) is 42.2 Å². The van der Waals surface area contributed by atoms with E-state index in [1.54, 1.807) is 0 Å². The van der Waals surface area contributed by atoms with Crippen molar-refractivity contribution in [3.63, 3.8) is 0 Å². The highest BCUT2D eigenvalue weighted by molar-refractivity contribution is 9.10. The summed E-state index contributed by atoms with van der Waals surface area (Å²) >= 11 is 3.43. The average molecular weight is 286 g/mol. The molecule has 0 unspecified atom stereocenters. The van der Waals surface area contributed by atoms with Crippen molar-refractivity contribution in [3.05, 3.63) is 22.3 Å². The van der Waals surface area contributed by atoms with Gasteiger partial charge in [-0.1, -0.05) is 13.8 Å². The summed E-state index contributed by atoms with van der Waals surface area (Å²) in [5, 5.41) is 0. The van der Waals surface area contributed by atoms with Gasteiger partial charge in [0.1, 0.15) is 5.82 Å². The lowest BCUT2D eigenvalue weighted by atomic mass is 10.2. The Hall–Kier alpha value is -0.610. The average Bonchev–Trinajstić information content (AvgIpc) is 2.16. The van der Waals surface area contributed by atoms with Crippen molar-refractivity contribution in [1.82, 2.24) is 4.98 Å². The Morgan fingerprint density at radius 1 is 1.50 bits per heavy atom. The van der Waals surface area contributed by atoms with Crippen LogP contribution in [0.4, 0.5) is 5.82 Å². The largest absolute Gasteiger partial charge is 0.355 e. The molecule has 3 nitrogen and oxygen atoms in total. The number of halogens is 1. The molecular weight excluding hydrogens is 266 g/mol. The molecule has 0 aliphatic rings. The van der Waals surface area contributed by atoms with Crippen LogP contribution in [0.2, 0.25) is 0 Å². The van der Waals surface area contributed by atoms with Gasteiger partial charge in [-0.15, -0.1) is 0 Å². The second-order valence-electron chi connectivity index (χ2n) is 4.42. The number of nitrogens with zero attached hydrogens (tertiary/aromatic N) is 2. The minimum Gasteiger partial charge on any atom is -0.355 e. The zero-order chi connectivity index (χ0) is 12.1. The summed E-state index contributed by atoms with van der Waals surface area (Å²) < 4.78 is 1.02. The maximum absolute atomic E-state index is 5.64. The van der Waals surface area contributed by atoms with E-state index >= 15 is 0 Å². The fraction of sp³-hybridized carbons (Fsp3) is 0.583. The number of aromatic nitrogens is 1. The van der Waals surface area contributed by atoms with E-state index in [1.807, 2.05) is 6.20 Å². The molecule has 0 amide bonds. The first-order valence-electron chi connectivity index (χ1n) is 5.61. The molecular formula is C12H20BrN3. The Labute approximate surface area is 106 Å². The van der Waals surface area contributed by atoms with Gasteiger partial charge in [-0.2, -0.15) is 0 Å². The molecule has 16 heavy (non-hydrogen) atoms. The SMILES string of the molecule is Cc1cc(Br)cnc1N(CCN)CC(C)C. The van der Waals surface area contributed by atoms with Crippen LogP contribution >= 0.6 is 15.9 Å². The van der Waals surface area contributed by atoms with Gasteiger partial charge in [0.2, 0.25) is 0 Å². The molecule has 4 heteroatoms. The van der Waals surface area contributed by atoms with Gasteiger partial charge in [-0.3, -0.25) is 0 Å². The first-order chi connectivity index (χ1) is 7.54. The Morgan fingerprint density at radius 3 is 2.69 bits per heavy atom. The van der Waals surface area contributed by atoms with Gasteiger partial charge in [0.05, 0.1) is 0 Å². The van der Waals surface area contributed by atoms with Crippen LogP contribution in [0.5, 0.6) is 0 Å². The first-order valence-corrected chi connectivity index (χ1v) is 6.41. The van der Waals surface area contributed by atoms with Crippen LogP contribution < -0.4 is 10.6 Å². The lowest BCUT2D eigenvalue weighted by Gasteiger charge is -2.26. The van der Waals surface area contributed by atoms with E-state index in [0.29, 0.717) is 12.5 Å². The predicted molar refractivity (Wildman–Crippen MR) is 72.8 cm³/mol. The van der Waals surface area contributed by atoms with Crippen molar-refractivity contribution in [2.75, 3.05) is 24.5 Å². The minimum absolute atomic E-state index is 0.608. The molecule has 2 N–H and O–H groups in total. The van der Waals surface area contributed by atoms with Crippen LogP contribution in [0.25, 0.3) is 0 Å². The molecule has 1 aromatic heterocycles. The molecule has 0 aliphatic heterocycles. The third kappa shape index (κ3) is 3.76. The van der Waals surface area contributed by atoms with Crippen LogP contribution in [0.1, 0.15) is 19.4 Å². The maximum Gasteiger partial charge on any atom is 0.131 e. The van der Waals surface area contributed by atoms with Gasteiger partial charge in [0.25, 0.3) is 0 Å². The lowest BCUT2D eigenvalue weighted by molar-refractivity contribution is 0.606. The van der Waals surface area contributed by atoms with Gasteiger partial charge in [0.15, 0.2) is 0 Å². The molecule has 0 saturated carbocycles. The van der Waals surface area contributed by atoms with Crippen LogP contribution in [0, 0.1) is 12.8 Å². The molecule has 0 fully saturated rings. The summed E-state index contributed by atoms with van der Waals surface area (Å²) in [6, 6.07) is 2.09. The van der Waals surface area contributed by atoms with E-state index < -0.39 is 0 Å². The summed E-state index contributed by atoms with van der Waals surface area (Å²) in [4.78, 5) is 6.73. The minimum atomic E-state index is 0.608. The third-order valence-corrected chi connectivity index (χ3v) is 2.74. The standard InChI is InChI=1S/C12H20BrN3/c1-9(2)8-16(5-4-14)12-10(3)6-11(13)7-15-12/h6-7,9H,4-5,8,14H2,1-3H3. The van der Waals surface area contributed by atoms with E-state index in [0.717, 1.165) is 23.4 Å². The highest BCUT2D eigenvalue weighted by Crippen LogP contribution is 2.21. The number of anilines is 1. The van der Waals surface area contributed by atoms with Crippen LogP contribution in [-0.4, -0.2) is 24.6 Å². The first kappa shape index (κ1) is 13.5. The second kappa shape index (κ2) is 6.21. The molecule has 90 valence electrons. The number of pyridine rings is 1. The maximum atomic E-state index is 5.64. The zero-order valence-corrected chi connectivity index (χ0v) is 11.8. The van der Waals surface area contributed by atoms with Crippen LogP contribution in [-0.2, 0) is 0 Å². The number of nitrogens with two attached hydrogens (primary N) is 1. The van der Waals surface area contributed by atoms with E-state index in [4.69, 9.17) is 5.73 Å². The normalized spacial score (nSPS) is 10.9. The summed E-state index contributed by atoms with van der Waals surface area (Å²) in [5.74, 6) is 1.65. The van der Waals surface area contributed by atoms with Crippen molar-refractivity contribution in [3.8, 4) is 0 Å². The summed E-state index contributed by atoms with van der Waals surface area (Å²) in [6.45, 7) is 9.00. The summed E-state index contributed by atoms with van der Waals surface area (Å²) in [6.07, 6.45) is 1.84. The number of rotatable bonds is 5. The molecule has 1 rings (SSSR count). The quantitative estimate of drug-likeness (QED) is 0.904. The monoisotopic (exact) mass is 285 g/mol. The molecule has 0 spiro atoms. The van der Waals surface area contributed by atoms with Gasteiger partial charge in [-0.05, 0) is 40.4 Å². The number of hydrogen-bond acceptors (Lipinski definition) is 3. The van der Waals surface area contributed by atoms with Crippen molar-refractivity contribution in [1.29, 1.82) is 0 Å². The van der Waals surface area contributed by atoms with Crippen molar-refractivity contribution >= 4 is 21.7 Å². The Balaban J connectivity index is 2.91. The van der Waals surface area contributed by atoms with Crippen molar-refractivity contribution in [2.45, 2.75) is 20.8 Å². The van der Waals surface area contributed by atoms with Crippen LogP contribution in [0.3, 0.4) is 0 Å². The summed E-state index contributed by atoms with van der Waals surface area (Å²) in [5.41, 5.74) is 6.83. The predicted octanol–water partition coefficient (Wildman–Crippen LogP) is 2.57. The molecule has 0 aromatic carbocycles. The highest BCUT2D eigenvalue weighted by atomic mass is 79.9.